The van der Waals surface area contributed by atoms with Gasteiger partial charge < -0.3 is 0 Å². The first-order valence-corrected chi connectivity index (χ1v) is 5.54. The maximum absolute atomic E-state index is 12.7. The number of alkyl halides is 3. The Labute approximate surface area is 108 Å². The molecule has 0 fully saturated rings. The normalized spacial score (nSPS) is 15.7. The monoisotopic (exact) mass is 271 g/mol. The van der Waals surface area contributed by atoms with Crippen molar-refractivity contribution in [2.24, 2.45) is 4.99 Å². The van der Waals surface area contributed by atoms with Gasteiger partial charge in [0.25, 0.3) is 0 Å². The van der Waals surface area contributed by atoms with Gasteiger partial charge in [0.1, 0.15) is 0 Å². The third kappa shape index (κ3) is 2.60. The van der Waals surface area contributed by atoms with E-state index in [0.717, 1.165) is 12.1 Å². The summed E-state index contributed by atoms with van der Waals surface area (Å²) in [5.74, 6) is -0.327. The number of amides is 1. The SMILES string of the molecule is CN(C)N1C(=O)CC=Nc2ccc(C(F)(F)F)cc21. The molecule has 0 saturated carbocycles. The van der Waals surface area contributed by atoms with Crippen LogP contribution < -0.4 is 5.01 Å². The molecule has 7 heteroatoms. The predicted octanol–water partition coefficient (Wildman–Crippen LogP) is 2.62. The van der Waals surface area contributed by atoms with Gasteiger partial charge in [-0.25, -0.2) is 10.0 Å². The van der Waals surface area contributed by atoms with Crippen LogP contribution in [0, 0.1) is 0 Å². The van der Waals surface area contributed by atoms with Crippen molar-refractivity contribution < 1.29 is 18.0 Å². The second-order valence-electron chi connectivity index (χ2n) is 4.27. The van der Waals surface area contributed by atoms with Crippen molar-refractivity contribution in [3.63, 3.8) is 0 Å². The number of fused-ring (bicyclic) bond motifs is 1. The molecule has 1 aromatic carbocycles. The van der Waals surface area contributed by atoms with E-state index in [9.17, 15) is 18.0 Å². The first-order chi connectivity index (χ1) is 8.80. The Hall–Kier alpha value is -1.89. The molecule has 0 unspecified atom stereocenters. The Morgan fingerprint density at radius 2 is 2.00 bits per heavy atom. The van der Waals surface area contributed by atoms with Crippen molar-refractivity contribution >= 4 is 23.5 Å². The summed E-state index contributed by atoms with van der Waals surface area (Å²) < 4.78 is 38.2. The molecule has 1 aliphatic heterocycles. The molecule has 0 bridgehead atoms. The van der Waals surface area contributed by atoms with E-state index < -0.39 is 11.7 Å². The summed E-state index contributed by atoms with van der Waals surface area (Å²) >= 11 is 0. The molecule has 0 atom stereocenters. The number of anilines is 1. The van der Waals surface area contributed by atoms with Crippen molar-refractivity contribution in [2.75, 3.05) is 19.1 Å². The minimum Gasteiger partial charge on any atom is -0.273 e. The fourth-order valence-electron chi connectivity index (χ4n) is 1.86. The van der Waals surface area contributed by atoms with Crippen molar-refractivity contribution in [1.29, 1.82) is 0 Å². The van der Waals surface area contributed by atoms with Gasteiger partial charge in [-0.1, -0.05) is 0 Å². The van der Waals surface area contributed by atoms with Crippen LogP contribution in [-0.4, -0.2) is 31.2 Å². The first kappa shape index (κ1) is 13.5. The molecule has 0 aliphatic carbocycles. The lowest BCUT2D eigenvalue weighted by atomic mass is 10.1. The van der Waals surface area contributed by atoms with Gasteiger partial charge in [-0.15, -0.1) is 0 Å². The highest BCUT2D eigenvalue weighted by molar-refractivity contribution is 6.04. The molecule has 1 aliphatic rings. The molecule has 2 rings (SSSR count). The average Bonchev–Trinajstić information content (AvgIpc) is 2.44. The molecule has 0 spiro atoms. The largest absolute Gasteiger partial charge is 0.416 e. The van der Waals surface area contributed by atoms with Crippen LogP contribution in [0.25, 0.3) is 0 Å². The van der Waals surface area contributed by atoms with E-state index in [-0.39, 0.29) is 18.0 Å². The highest BCUT2D eigenvalue weighted by Crippen LogP contribution is 2.38. The standard InChI is InChI=1S/C12H12F3N3O/c1-17(2)18-10-7-8(12(13,14)15)3-4-9(10)16-6-5-11(18)19/h3-4,6-7H,5H2,1-2H3. The fourth-order valence-corrected chi connectivity index (χ4v) is 1.86. The Morgan fingerprint density at radius 1 is 1.32 bits per heavy atom. The zero-order chi connectivity index (χ0) is 14.2. The number of aliphatic imine (C=N–C) groups is 1. The summed E-state index contributed by atoms with van der Waals surface area (Å²) in [6.45, 7) is 0. The molecule has 1 aromatic rings. The molecule has 1 heterocycles. The Bertz CT molecular complexity index is 538. The molecule has 4 nitrogen and oxygen atoms in total. The highest BCUT2D eigenvalue weighted by atomic mass is 19.4. The van der Waals surface area contributed by atoms with E-state index in [1.54, 1.807) is 14.1 Å². The van der Waals surface area contributed by atoms with E-state index in [1.807, 2.05) is 0 Å². The van der Waals surface area contributed by atoms with Crippen molar-refractivity contribution in [2.45, 2.75) is 12.6 Å². The lowest BCUT2D eigenvalue weighted by molar-refractivity contribution is -0.137. The number of nitrogens with zero attached hydrogens (tertiary/aromatic N) is 3. The van der Waals surface area contributed by atoms with Gasteiger partial charge in [-0.05, 0) is 18.2 Å². The highest BCUT2D eigenvalue weighted by Gasteiger charge is 2.33. The number of hydrogen-bond acceptors (Lipinski definition) is 3. The summed E-state index contributed by atoms with van der Waals surface area (Å²) in [7, 11) is 3.18. The van der Waals surface area contributed by atoms with Crippen LogP contribution in [0.5, 0.6) is 0 Å². The predicted molar refractivity (Wildman–Crippen MR) is 65.4 cm³/mol. The molecular formula is C12H12F3N3O. The second-order valence-corrected chi connectivity index (χ2v) is 4.27. The number of carbonyl (C=O) groups excluding carboxylic acids is 1. The van der Waals surface area contributed by atoms with Gasteiger partial charge in [-0.2, -0.15) is 13.2 Å². The summed E-state index contributed by atoms with van der Waals surface area (Å²) in [4.78, 5) is 15.9. The van der Waals surface area contributed by atoms with Crippen molar-refractivity contribution in [3.05, 3.63) is 23.8 Å². The minimum absolute atomic E-state index is 0.0498. The molecule has 1 amide bonds. The summed E-state index contributed by atoms with van der Waals surface area (Å²) in [6, 6.07) is 3.17. The number of hydrogen-bond donors (Lipinski definition) is 0. The van der Waals surface area contributed by atoms with Gasteiger partial charge in [0, 0.05) is 20.3 Å². The second kappa shape index (κ2) is 4.65. The number of rotatable bonds is 1. The quantitative estimate of drug-likeness (QED) is 0.787. The Kier molecular flexibility index (Phi) is 3.32. The van der Waals surface area contributed by atoms with Gasteiger partial charge in [0.15, 0.2) is 0 Å². The molecule has 0 saturated heterocycles. The van der Waals surface area contributed by atoms with Crippen molar-refractivity contribution in [3.8, 4) is 0 Å². The lowest BCUT2D eigenvalue weighted by Crippen LogP contribution is -2.41. The molecular weight excluding hydrogens is 259 g/mol. The summed E-state index contributed by atoms with van der Waals surface area (Å²) in [6.07, 6.45) is -3.00. The van der Waals surface area contributed by atoms with Crippen molar-refractivity contribution in [1.82, 2.24) is 5.01 Å². The van der Waals surface area contributed by atoms with Gasteiger partial charge >= 0.3 is 6.18 Å². The van der Waals surface area contributed by atoms with Crippen LogP contribution in [0.3, 0.4) is 0 Å². The third-order valence-electron chi connectivity index (χ3n) is 2.66. The first-order valence-electron chi connectivity index (χ1n) is 5.54. The maximum Gasteiger partial charge on any atom is 0.416 e. The fraction of sp³-hybridized carbons (Fsp3) is 0.333. The van der Waals surface area contributed by atoms with Gasteiger partial charge in [0.2, 0.25) is 5.91 Å². The number of halogens is 3. The Balaban J connectivity index is 2.59. The number of benzene rings is 1. The van der Waals surface area contributed by atoms with Gasteiger partial charge in [-0.3, -0.25) is 9.79 Å². The van der Waals surface area contributed by atoms with Crippen LogP contribution >= 0.6 is 0 Å². The third-order valence-corrected chi connectivity index (χ3v) is 2.66. The number of carbonyl (C=O) groups is 1. The zero-order valence-corrected chi connectivity index (χ0v) is 10.4. The molecule has 0 aromatic heterocycles. The zero-order valence-electron chi connectivity index (χ0n) is 10.4. The van der Waals surface area contributed by atoms with Crippen LogP contribution in [0.1, 0.15) is 12.0 Å². The van der Waals surface area contributed by atoms with Crippen LogP contribution in [0.15, 0.2) is 23.2 Å². The van der Waals surface area contributed by atoms with Crippen LogP contribution in [0.4, 0.5) is 24.5 Å². The Morgan fingerprint density at radius 3 is 2.58 bits per heavy atom. The van der Waals surface area contributed by atoms with E-state index in [0.29, 0.717) is 5.69 Å². The molecule has 0 radical (unpaired) electrons. The van der Waals surface area contributed by atoms with E-state index in [2.05, 4.69) is 4.99 Å². The maximum atomic E-state index is 12.7. The summed E-state index contributed by atoms with van der Waals surface area (Å²) in [5.41, 5.74) is -0.325. The topological polar surface area (TPSA) is 35.9 Å². The van der Waals surface area contributed by atoms with Gasteiger partial charge in [0.05, 0.1) is 23.4 Å². The molecule has 102 valence electrons. The number of hydrazine groups is 1. The smallest absolute Gasteiger partial charge is 0.273 e. The van der Waals surface area contributed by atoms with Crippen LogP contribution in [-0.2, 0) is 11.0 Å². The van der Waals surface area contributed by atoms with Crippen LogP contribution in [0.2, 0.25) is 0 Å². The minimum atomic E-state index is -4.45. The van der Waals surface area contributed by atoms with E-state index >= 15 is 0 Å². The molecule has 0 N–H and O–H groups in total. The van der Waals surface area contributed by atoms with E-state index in [4.69, 9.17) is 0 Å². The average molecular weight is 271 g/mol. The summed E-state index contributed by atoms with van der Waals surface area (Å²) in [5, 5.41) is 2.63. The van der Waals surface area contributed by atoms with E-state index in [1.165, 1.54) is 22.3 Å². The lowest BCUT2D eigenvalue weighted by Gasteiger charge is -2.29. The molecule has 19 heavy (non-hydrogen) atoms.